The highest BCUT2D eigenvalue weighted by molar-refractivity contribution is 4.71. The van der Waals surface area contributed by atoms with Crippen LogP contribution in [0.15, 0.2) is 0 Å². The van der Waals surface area contributed by atoms with Crippen molar-refractivity contribution < 1.29 is 5.11 Å². The van der Waals surface area contributed by atoms with Gasteiger partial charge in [0.2, 0.25) is 0 Å². The number of nitrogens with zero attached hydrogens (tertiary/aromatic N) is 1. The molecule has 0 saturated carbocycles. The van der Waals surface area contributed by atoms with Crippen LogP contribution in [0.1, 0.15) is 53.4 Å². The maximum atomic E-state index is 10.1. The second-order valence-electron chi connectivity index (χ2n) is 4.44. The van der Waals surface area contributed by atoms with E-state index in [4.69, 9.17) is 0 Å². The van der Waals surface area contributed by atoms with Crippen LogP contribution in [0.25, 0.3) is 0 Å². The van der Waals surface area contributed by atoms with Crippen LogP contribution in [0.2, 0.25) is 0 Å². The lowest BCUT2D eigenvalue weighted by molar-refractivity contribution is 0.0599. The van der Waals surface area contributed by atoms with Gasteiger partial charge in [-0.05, 0) is 31.8 Å². The lowest BCUT2D eigenvalue weighted by atomic mass is 9.96. The summed E-state index contributed by atoms with van der Waals surface area (Å²) in [5.74, 6) is 0.473. The molecule has 0 aliphatic rings. The Hall–Kier alpha value is -0.0800. The zero-order valence-corrected chi connectivity index (χ0v) is 11.0. The molecule has 2 heteroatoms. The van der Waals surface area contributed by atoms with Gasteiger partial charge in [-0.2, -0.15) is 0 Å². The Morgan fingerprint density at radius 1 is 0.933 bits per heavy atom. The van der Waals surface area contributed by atoms with Gasteiger partial charge in [0.1, 0.15) is 0 Å². The molecule has 0 fully saturated rings. The molecule has 0 aliphatic carbocycles. The van der Waals surface area contributed by atoms with Crippen LogP contribution in [0.4, 0.5) is 0 Å². The van der Waals surface area contributed by atoms with Crippen molar-refractivity contribution in [1.29, 1.82) is 0 Å². The zero-order chi connectivity index (χ0) is 11.7. The van der Waals surface area contributed by atoms with Crippen molar-refractivity contribution in [2.75, 3.05) is 19.6 Å². The predicted molar refractivity (Wildman–Crippen MR) is 67.1 cm³/mol. The minimum Gasteiger partial charge on any atom is -0.392 e. The largest absolute Gasteiger partial charge is 0.392 e. The molecule has 92 valence electrons. The van der Waals surface area contributed by atoms with Gasteiger partial charge in [0.15, 0.2) is 0 Å². The number of hydrogen-bond donors (Lipinski definition) is 1. The van der Waals surface area contributed by atoms with E-state index in [9.17, 15) is 5.11 Å². The Morgan fingerprint density at radius 2 is 1.40 bits per heavy atom. The number of rotatable bonds is 9. The highest BCUT2D eigenvalue weighted by atomic mass is 16.3. The molecule has 15 heavy (non-hydrogen) atoms. The van der Waals surface area contributed by atoms with Crippen molar-refractivity contribution in [3.63, 3.8) is 0 Å². The van der Waals surface area contributed by atoms with Crippen molar-refractivity contribution in [3.05, 3.63) is 0 Å². The van der Waals surface area contributed by atoms with E-state index < -0.39 is 0 Å². The third kappa shape index (κ3) is 6.16. The van der Waals surface area contributed by atoms with Gasteiger partial charge in [-0.3, -0.25) is 0 Å². The predicted octanol–water partition coefficient (Wildman–Crippen LogP) is 2.91. The van der Waals surface area contributed by atoms with E-state index in [1.165, 1.54) is 12.8 Å². The van der Waals surface area contributed by atoms with E-state index in [1.807, 2.05) is 0 Å². The van der Waals surface area contributed by atoms with Gasteiger partial charge in [0.05, 0.1) is 6.10 Å². The maximum absolute atomic E-state index is 10.1. The normalized spacial score (nSPS) is 13.8. The molecule has 2 nitrogen and oxygen atoms in total. The molecule has 0 aromatic carbocycles. The average Bonchev–Trinajstić information content (AvgIpc) is 2.20. The van der Waals surface area contributed by atoms with Crippen LogP contribution in [0, 0.1) is 5.92 Å². The summed E-state index contributed by atoms with van der Waals surface area (Å²) in [6, 6.07) is 0. The molecule has 1 N–H and O–H groups in total. The number of aliphatic hydroxyl groups is 1. The molecule has 1 atom stereocenters. The molecule has 0 spiro atoms. The van der Waals surface area contributed by atoms with Gasteiger partial charge in [-0.15, -0.1) is 0 Å². The second-order valence-corrected chi connectivity index (χ2v) is 4.44. The molecule has 0 aliphatic heterocycles. The fourth-order valence-corrected chi connectivity index (χ4v) is 2.17. The third-order valence-electron chi connectivity index (χ3n) is 3.12. The lowest BCUT2D eigenvalue weighted by Crippen LogP contribution is -2.37. The first-order valence-corrected chi connectivity index (χ1v) is 6.59. The molecule has 0 aromatic heterocycles. The fourth-order valence-electron chi connectivity index (χ4n) is 2.17. The van der Waals surface area contributed by atoms with Crippen molar-refractivity contribution in [2.24, 2.45) is 5.92 Å². The Kier molecular flexibility index (Phi) is 9.12. The molecule has 0 amide bonds. The van der Waals surface area contributed by atoms with Crippen LogP contribution >= 0.6 is 0 Å². The minimum atomic E-state index is -0.141. The van der Waals surface area contributed by atoms with Crippen LogP contribution in [-0.2, 0) is 0 Å². The Labute approximate surface area is 95.7 Å². The summed E-state index contributed by atoms with van der Waals surface area (Å²) in [4.78, 5) is 2.39. The molecular formula is C13H29NO. The third-order valence-corrected chi connectivity index (χ3v) is 3.12. The smallest absolute Gasteiger partial charge is 0.0695 e. The monoisotopic (exact) mass is 215 g/mol. The van der Waals surface area contributed by atoms with Gasteiger partial charge in [0, 0.05) is 6.54 Å². The Balaban J connectivity index is 4.01. The molecule has 0 rings (SSSR count). The zero-order valence-electron chi connectivity index (χ0n) is 11.0. The first-order chi connectivity index (χ1) is 7.19. The second kappa shape index (κ2) is 9.17. The van der Waals surface area contributed by atoms with Crippen LogP contribution < -0.4 is 0 Å². The van der Waals surface area contributed by atoms with Crippen LogP contribution in [0.3, 0.4) is 0 Å². The highest BCUT2D eigenvalue weighted by Crippen LogP contribution is 2.14. The van der Waals surface area contributed by atoms with E-state index in [1.54, 1.807) is 0 Å². The van der Waals surface area contributed by atoms with Gasteiger partial charge >= 0.3 is 0 Å². The SMILES string of the molecule is CCCN(CCC)CC(O)C(CC)CC. The molecule has 0 saturated heterocycles. The van der Waals surface area contributed by atoms with E-state index in [2.05, 4.69) is 32.6 Å². The lowest BCUT2D eigenvalue weighted by Gasteiger charge is -2.28. The highest BCUT2D eigenvalue weighted by Gasteiger charge is 2.17. The fraction of sp³-hybridized carbons (Fsp3) is 1.00. The summed E-state index contributed by atoms with van der Waals surface area (Å²) in [7, 11) is 0. The van der Waals surface area contributed by atoms with Crippen molar-refractivity contribution in [3.8, 4) is 0 Å². The quantitative estimate of drug-likeness (QED) is 0.639. The number of aliphatic hydroxyl groups excluding tert-OH is 1. The van der Waals surface area contributed by atoms with Crippen LogP contribution in [-0.4, -0.2) is 35.7 Å². The van der Waals surface area contributed by atoms with Crippen molar-refractivity contribution in [2.45, 2.75) is 59.5 Å². The van der Waals surface area contributed by atoms with Gasteiger partial charge in [0.25, 0.3) is 0 Å². The maximum Gasteiger partial charge on any atom is 0.0695 e. The van der Waals surface area contributed by atoms with Crippen LogP contribution in [0.5, 0.6) is 0 Å². The summed E-state index contributed by atoms with van der Waals surface area (Å²) in [6.45, 7) is 11.8. The van der Waals surface area contributed by atoms with E-state index >= 15 is 0 Å². The topological polar surface area (TPSA) is 23.5 Å². The molecule has 0 radical (unpaired) electrons. The summed E-state index contributed by atoms with van der Waals surface area (Å²) in [5.41, 5.74) is 0. The summed E-state index contributed by atoms with van der Waals surface area (Å²) in [6.07, 6.45) is 4.39. The molecule has 0 bridgehead atoms. The standard InChI is InChI=1S/C13H29NO/c1-5-9-14(10-6-2)11-13(15)12(7-3)8-4/h12-13,15H,5-11H2,1-4H3. The molecule has 0 heterocycles. The summed E-state index contributed by atoms with van der Waals surface area (Å²) >= 11 is 0. The van der Waals surface area contributed by atoms with E-state index in [0.29, 0.717) is 5.92 Å². The van der Waals surface area contributed by atoms with E-state index in [0.717, 1.165) is 32.5 Å². The van der Waals surface area contributed by atoms with Gasteiger partial charge < -0.3 is 10.0 Å². The Bertz CT molecular complexity index is 128. The summed E-state index contributed by atoms with van der Waals surface area (Å²) < 4.78 is 0. The van der Waals surface area contributed by atoms with Gasteiger partial charge in [-0.25, -0.2) is 0 Å². The Morgan fingerprint density at radius 3 is 1.73 bits per heavy atom. The molecule has 0 aromatic rings. The minimum absolute atomic E-state index is 0.141. The van der Waals surface area contributed by atoms with Crippen molar-refractivity contribution >= 4 is 0 Å². The summed E-state index contributed by atoms with van der Waals surface area (Å²) in [5, 5.41) is 10.1. The average molecular weight is 215 g/mol. The first-order valence-electron chi connectivity index (χ1n) is 6.59. The van der Waals surface area contributed by atoms with E-state index in [-0.39, 0.29) is 6.10 Å². The first kappa shape index (κ1) is 14.9. The number of hydrogen-bond acceptors (Lipinski definition) is 2. The van der Waals surface area contributed by atoms with Gasteiger partial charge in [-0.1, -0.05) is 40.5 Å². The molecule has 1 unspecified atom stereocenters. The van der Waals surface area contributed by atoms with Crippen molar-refractivity contribution in [1.82, 2.24) is 4.90 Å². The molecular weight excluding hydrogens is 186 g/mol.